The summed E-state index contributed by atoms with van der Waals surface area (Å²) in [5, 5.41) is 21.5. The lowest BCUT2D eigenvalue weighted by atomic mass is 10.1. The van der Waals surface area contributed by atoms with Crippen LogP contribution in [0.2, 0.25) is 0 Å². The van der Waals surface area contributed by atoms with Crippen LogP contribution < -0.4 is 5.32 Å². The van der Waals surface area contributed by atoms with E-state index in [0.717, 1.165) is 16.6 Å². The lowest BCUT2D eigenvalue weighted by molar-refractivity contribution is 0.102. The van der Waals surface area contributed by atoms with Gasteiger partial charge in [-0.3, -0.25) is 14.5 Å². The number of nitrogens with one attached hydrogen (secondary N) is 1. The van der Waals surface area contributed by atoms with Crippen LogP contribution in [0.25, 0.3) is 16.6 Å². The number of benzene rings is 1. The predicted octanol–water partition coefficient (Wildman–Crippen LogP) is 2.59. The smallest absolute Gasteiger partial charge is 0.274 e. The van der Waals surface area contributed by atoms with E-state index < -0.39 is 0 Å². The van der Waals surface area contributed by atoms with Gasteiger partial charge in [-0.2, -0.15) is 15.5 Å². The van der Waals surface area contributed by atoms with Gasteiger partial charge in [0, 0.05) is 24.3 Å². The molecule has 0 saturated heterocycles. The minimum Gasteiger partial charge on any atom is -0.321 e. The van der Waals surface area contributed by atoms with Crippen LogP contribution in [0.4, 0.5) is 5.69 Å². The number of aryl methyl sites for hydroxylation is 1. The highest BCUT2D eigenvalue weighted by molar-refractivity contribution is 6.05. The Balaban J connectivity index is 1.69. The molecule has 1 N–H and O–H groups in total. The van der Waals surface area contributed by atoms with Crippen LogP contribution in [-0.4, -0.2) is 30.5 Å². The predicted molar refractivity (Wildman–Crippen MR) is 99.5 cm³/mol. The van der Waals surface area contributed by atoms with Gasteiger partial charge in [0.1, 0.15) is 11.4 Å². The summed E-state index contributed by atoms with van der Waals surface area (Å²) in [5.74, 6) is -0.364. The van der Waals surface area contributed by atoms with Gasteiger partial charge < -0.3 is 5.32 Å². The molecule has 8 nitrogen and oxygen atoms in total. The molecule has 4 rings (SSSR count). The number of amides is 1. The van der Waals surface area contributed by atoms with E-state index in [-0.39, 0.29) is 11.6 Å². The number of carbonyl (C=O) groups is 1. The van der Waals surface area contributed by atoms with Gasteiger partial charge >= 0.3 is 0 Å². The summed E-state index contributed by atoms with van der Waals surface area (Å²) < 4.78 is 3.46. The topological polar surface area (TPSA) is 101 Å². The van der Waals surface area contributed by atoms with Crippen LogP contribution in [0.1, 0.15) is 21.6 Å². The second kappa shape index (κ2) is 6.38. The number of carbonyl (C=O) groups excluding carboxylic acids is 1. The highest BCUT2D eigenvalue weighted by Gasteiger charge is 2.15. The molecule has 4 aromatic rings. The number of rotatable bonds is 3. The van der Waals surface area contributed by atoms with Crippen molar-refractivity contribution in [2.24, 2.45) is 7.05 Å². The average molecular weight is 357 g/mol. The first-order valence-electron chi connectivity index (χ1n) is 8.20. The van der Waals surface area contributed by atoms with Gasteiger partial charge in [0.05, 0.1) is 35.7 Å². The van der Waals surface area contributed by atoms with Gasteiger partial charge in [0.15, 0.2) is 0 Å². The number of hydrogen-bond donors (Lipinski definition) is 1. The van der Waals surface area contributed by atoms with Gasteiger partial charge in [0.2, 0.25) is 0 Å². The van der Waals surface area contributed by atoms with Crippen molar-refractivity contribution < 1.29 is 4.79 Å². The zero-order valence-corrected chi connectivity index (χ0v) is 14.7. The van der Waals surface area contributed by atoms with Crippen molar-refractivity contribution in [2.45, 2.75) is 6.92 Å². The summed E-state index contributed by atoms with van der Waals surface area (Å²) in [6.07, 6.45) is 6.80. The summed E-state index contributed by atoms with van der Waals surface area (Å²) in [7, 11) is 1.84. The summed E-state index contributed by atoms with van der Waals surface area (Å²) in [6.45, 7) is 1.71. The molecule has 1 aromatic carbocycles. The quantitative estimate of drug-likeness (QED) is 0.607. The summed E-state index contributed by atoms with van der Waals surface area (Å²) >= 11 is 0. The third kappa shape index (κ3) is 2.91. The SMILES string of the molecule is Cc1c(C#N)ccnc1C(=O)Nc1ccc2cnn(-c3cnn(C)c3)c2c1. The molecule has 27 heavy (non-hydrogen) atoms. The Morgan fingerprint density at radius 3 is 2.81 bits per heavy atom. The Kier molecular flexibility index (Phi) is 3.90. The van der Waals surface area contributed by atoms with E-state index >= 15 is 0 Å². The van der Waals surface area contributed by atoms with E-state index in [1.54, 1.807) is 40.8 Å². The third-order valence-corrected chi connectivity index (χ3v) is 4.30. The van der Waals surface area contributed by atoms with Crippen molar-refractivity contribution >= 4 is 22.5 Å². The molecule has 0 aliphatic carbocycles. The molecule has 0 unspecified atom stereocenters. The number of fused-ring (bicyclic) bond motifs is 1. The first-order valence-corrected chi connectivity index (χ1v) is 8.20. The van der Waals surface area contributed by atoms with E-state index in [0.29, 0.717) is 16.8 Å². The molecule has 0 aliphatic heterocycles. The summed E-state index contributed by atoms with van der Waals surface area (Å²) in [6, 6.07) is 9.19. The van der Waals surface area contributed by atoms with Gasteiger partial charge in [-0.1, -0.05) is 0 Å². The Bertz CT molecular complexity index is 1210. The zero-order valence-electron chi connectivity index (χ0n) is 14.7. The molecule has 0 saturated carbocycles. The monoisotopic (exact) mass is 357 g/mol. The van der Waals surface area contributed by atoms with Crippen molar-refractivity contribution in [1.82, 2.24) is 24.5 Å². The second-order valence-electron chi connectivity index (χ2n) is 6.10. The minimum absolute atomic E-state index is 0.231. The number of nitriles is 1. The Morgan fingerprint density at radius 1 is 1.22 bits per heavy atom. The summed E-state index contributed by atoms with van der Waals surface area (Å²) in [5.41, 5.74) is 3.50. The molecule has 0 fully saturated rings. The van der Waals surface area contributed by atoms with Crippen LogP contribution in [0.5, 0.6) is 0 Å². The lowest BCUT2D eigenvalue weighted by Crippen LogP contribution is -2.15. The van der Waals surface area contributed by atoms with Crippen LogP contribution in [0.15, 0.2) is 49.1 Å². The van der Waals surface area contributed by atoms with Crippen molar-refractivity contribution in [3.8, 4) is 11.8 Å². The largest absolute Gasteiger partial charge is 0.321 e. The van der Waals surface area contributed by atoms with E-state index in [2.05, 4.69) is 26.6 Å². The van der Waals surface area contributed by atoms with Gasteiger partial charge in [-0.25, -0.2) is 4.68 Å². The normalized spacial score (nSPS) is 10.7. The molecule has 3 heterocycles. The van der Waals surface area contributed by atoms with E-state index in [9.17, 15) is 4.79 Å². The lowest BCUT2D eigenvalue weighted by Gasteiger charge is -2.08. The van der Waals surface area contributed by atoms with Crippen molar-refractivity contribution in [3.63, 3.8) is 0 Å². The van der Waals surface area contributed by atoms with Crippen LogP contribution in [0, 0.1) is 18.3 Å². The Hall–Kier alpha value is -3.99. The van der Waals surface area contributed by atoms with Crippen LogP contribution in [-0.2, 0) is 7.05 Å². The fraction of sp³-hybridized carbons (Fsp3) is 0.105. The molecule has 0 bridgehead atoms. The molecule has 0 spiro atoms. The molecular formula is C19H15N7O. The second-order valence-corrected chi connectivity index (χ2v) is 6.10. The standard InChI is InChI=1S/C19H15N7O/c1-12-13(8-20)5-6-21-18(12)19(27)24-15-4-3-14-9-23-26(17(14)7-15)16-10-22-25(2)11-16/h3-7,9-11H,1-2H3,(H,24,27). The molecular weight excluding hydrogens is 342 g/mol. The molecule has 1 amide bonds. The van der Waals surface area contributed by atoms with E-state index in [4.69, 9.17) is 5.26 Å². The maximum absolute atomic E-state index is 12.6. The Labute approximate surface area is 154 Å². The molecule has 132 valence electrons. The maximum Gasteiger partial charge on any atom is 0.274 e. The number of pyridine rings is 1. The number of nitrogens with zero attached hydrogens (tertiary/aromatic N) is 6. The molecule has 8 heteroatoms. The van der Waals surface area contributed by atoms with Crippen molar-refractivity contribution in [3.05, 3.63) is 65.9 Å². The van der Waals surface area contributed by atoms with E-state index in [1.165, 1.54) is 6.20 Å². The number of aromatic nitrogens is 5. The fourth-order valence-corrected chi connectivity index (χ4v) is 2.90. The number of anilines is 1. The summed E-state index contributed by atoms with van der Waals surface area (Å²) in [4.78, 5) is 16.7. The Morgan fingerprint density at radius 2 is 2.07 bits per heavy atom. The van der Waals surface area contributed by atoms with Gasteiger partial charge in [-0.05, 0) is 36.8 Å². The van der Waals surface area contributed by atoms with Crippen LogP contribution >= 0.6 is 0 Å². The van der Waals surface area contributed by atoms with Crippen molar-refractivity contribution in [1.29, 1.82) is 5.26 Å². The molecule has 3 aromatic heterocycles. The van der Waals surface area contributed by atoms with Crippen LogP contribution in [0.3, 0.4) is 0 Å². The first kappa shape index (κ1) is 16.5. The fourth-order valence-electron chi connectivity index (χ4n) is 2.90. The molecule has 0 atom stereocenters. The van der Waals surface area contributed by atoms with E-state index in [1.807, 2.05) is 25.4 Å². The zero-order chi connectivity index (χ0) is 19.0. The van der Waals surface area contributed by atoms with Gasteiger partial charge in [-0.15, -0.1) is 0 Å². The minimum atomic E-state index is -0.364. The molecule has 0 radical (unpaired) electrons. The number of hydrogen-bond acceptors (Lipinski definition) is 5. The van der Waals surface area contributed by atoms with Crippen molar-refractivity contribution in [2.75, 3.05) is 5.32 Å². The van der Waals surface area contributed by atoms with Gasteiger partial charge in [0.25, 0.3) is 5.91 Å². The first-order chi connectivity index (χ1) is 13.1. The maximum atomic E-state index is 12.6. The third-order valence-electron chi connectivity index (χ3n) is 4.30. The average Bonchev–Trinajstić information content (AvgIpc) is 3.27. The highest BCUT2D eigenvalue weighted by Crippen LogP contribution is 2.22. The highest BCUT2D eigenvalue weighted by atomic mass is 16.1. The molecule has 0 aliphatic rings.